The van der Waals surface area contributed by atoms with Gasteiger partial charge in [-0.05, 0) is 37.1 Å². The Morgan fingerprint density at radius 1 is 1.10 bits per heavy atom. The molecule has 0 fully saturated rings. The minimum Gasteiger partial charge on any atom is -0.491 e. The maximum Gasteiger partial charge on any atom is 0.257 e. The van der Waals surface area contributed by atoms with Gasteiger partial charge in [0.05, 0.1) is 6.61 Å². The third-order valence-corrected chi connectivity index (χ3v) is 2.60. The lowest BCUT2D eigenvalue weighted by Gasteiger charge is -2.10. The summed E-state index contributed by atoms with van der Waals surface area (Å²) in [6, 6.07) is 7.19. The van der Waals surface area contributed by atoms with Crippen molar-refractivity contribution in [1.82, 2.24) is 5.32 Å². The lowest BCUT2D eigenvalue weighted by molar-refractivity contribution is -0.123. The molecule has 21 heavy (non-hydrogen) atoms. The van der Waals surface area contributed by atoms with Crippen LogP contribution in [0.5, 0.6) is 11.5 Å². The number of hydrogen-bond acceptors (Lipinski definition) is 4. The number of carbonyl (C=O) groups is 1. The van der Waals surface area contributed by atoms with Crippen molar-refractivity contribution in [1.29, 1.82) is 0 Å². The molecule has 0 aliphatic heterocycles. The summed E-state index contributed by atoms with van der Waals surface area (Å²) in [6.45, 7) is 8.51. The molecule has 5 nitrogen and oxygen atoms in total. The van der Waals surface area contributed by atoms with Gasteiger partial charge in [0.2, 0.25) is 0 Å². The van der Waals surface area contributed by atoms with Crippen LogP contribution >= 0.6 is 0 Å². The fraction of sp³-hybridized carbons (Fsp3) is 0.562. The Balaban J connectivity index is 2.25. The van der Waals surface area contributed by atoms with Crippen molar-refractivity contribution in [2.45, 2.75) is 20.8 Å². The zero-order chi connectivity index (χ0) is 15.5. The fourth-order valence-corrected chi connectivity index (χ4v) is 1.51. The van der Waals surface area contributed by atoms with Crippen molar-refractivity contribution in [2.24, 2.45) is 5.92 Å². The summed E-state index contributed by atoms with van der Waals surface area (Å²) in [6.07, 6.45) is 0. The molecule has 0 atom stereocenters. The number of carbonyl (C=O) groups excluding carboxylic acids is 1. The second-order valence-corrected chi connectivity index (χ2v) is 5.00. The third-order valence-electron chi connectivity index (χ3n) is 2.60. The van der Waals surface area contributed by atoms with E-state index in [1.54, 1.807) is 12.1 Å². The van der Waals surface area contributed by atoms with Gasteiger partial charge in [0.1, 0.15) is 18.1 Å². The van der Waals surface area contributed by atoms with Gasteiger partial charge in [-0.15, -0.1) is 0 Å². The predicted octanol–water partition coefficient (Wildman–Crippen LogP) is 2.25. The number of ether oxygens (including phenoxy) is 3. The Morgan fingerprint density at radius 3 is 2.29 bits per heavy atom. The van der Waals surface area contributed by atoms with E-state index in [2.05, 4.69) is 5.32 Å². The molecular formula is C16H25NO4. The first-order chi connectivity index (χ1) is 10.1. The molecule has 1 aromatic rings. The van der Waals surface area contributed by atoms with E-state index in [9.17, 15) is 4.79 Å². The van der Waals surface area contributed by atoms with Gasteiger partial charge < -0.3 is 19.5 Å². The van der Waals surface area contributed by atoms with Crippen LogP contribution in [0.3, 0.4) is 0 Å². The number of nitrogens with one attached hydrogen (secondary N) is 1. The summed E-state index contributed by atoms with van der Waals surface area (Å²) in [5.74, 6) is 1.72. The standard InChI is InChI=1S/C16H25NO4/c1-4-19-9-10-20-14-5-7-15(8-6-14)21-12-16(18)17-11-13(2)3/h5-8,13H,4,9-12H2,1-3H3,(H,17,18). The van der Waals surface area contributed by atoms with Gasteiger partial charge in [0, 0.05) is 13.2 Å². The van der Waals surface area contributed by atoms with Gasteiger partial charge in [-0.3, -0.25) is 4.79 Å². The monoisotopic (exact) mass is 295 g/mol. The molecule has 0 aliphatic rings. The fourth-order valence-electron chi connectivity index (χ4n) is 1.51. The predicted molar refractivity (Wildman–Crippen MR) is 81.8 cm³/mol. The van der Waals surface area contributed by atoms with Gasteiger partial charge in [-0.25, -0.2) is 0 Å². The summed E-state index contributed by atoms with van der Waals surface area (Å²) in [5.41, 5.74) is 0. The van der Waals surface area contributed by atoms with Crippen LogP contribution in [0.1, 0.15) is 20.8 Å². The normalized spacial score (nSPS) is 10.5. The average molecular weight is 295 g/mol. The van der Waals surface area contributed by atoms with Crippen LogP contribution in [0.2, 0.25) is 0 Å². The molecule has 118 valence electrons. The molecule has 1 amide bonds. The lowest BCUT2D eigenvalue weighted by atomic mass is 10.2. The first-order valence-corrected chi connectivity index (χ1v) is 7.32. The Bertz CT molecular complexity index is 403. The van der Waals surface area contributed by atoms with Crippen LogP contribution in [0.4, 0.5) is 0 Å². The highest BCUT2D eigenvalue weighted by Gasteiger charge is 2.03. The minimum absolute atomic E-state index is 0.0251. The number of benzene rings is 1. The van der Waals surface area contributed by atoms with Crippen molar-refractivity contribution >= 4 is 5.91 Å². The molecule has 0 spiro atoms. The van der Waals surface area contributed by atoms with Crippen LogP contribution < -0.4 is 14.8 Å². The van der Waals surface area contributed by atoms with Gasteiger partial charge in [0.25, 0.3) is 5.91 Å². The van der Waals surface area contributed by atoms with Crippen LogP contribution in [0.25, 0.3) is 0 Å². The largest absolute Gasteiger partial charge is 0.491 e. The van der Waals surface area contributed by atoms with Crippen LogP contribution in [0, 0.1) is 5.92 Å². The van der Waals surface area contributed by atoms with Crippen molar-refractivity contribution in [3.8, 4) is 11.5 Å². The molecule has 0 unspecified atom stereocenters. The lowest BCUT2D eigenvalue weighted by Crippen LogP contribution is -2.31. The number of amides is 1. The molecule has 0 saturated heterocycles. The van der Waals surface area contributed by atoms with E-state index < -0.39 is 0 Å². The summed E-state index contributed by atoms with van der Waals surface area (Å²) in [7, 11) is 0. The molecule has 0 saturated carbocycles. The maximum absolute atomic E-state index is 11.5. The Morgan fingerprint density at radius 2 is 1.71 bits per heavy atom. The highest BCUT2D eigenvalue weighted by Crippen LogP contribution is 2.17. The van der Waals surface area contributed by atoms with E-state index in [0.29, 0.717) is 38.0 Å². The topological polar surface area (TPSA) is 56.8 Å². The van der Waals surface area contributed by atoms with Crippen LogP contribution in [-0.4, -0.2) is 38.9 Å². The van der Waals surface area contributed by atoms with Crippen molar-refractivity contribution in [3.63, 3.8) is 0 Å². The van der Waals surface area contributed by atoms with Gasteiger partial charge >= 0.3 is 0 Å². The van der Waals surface area contributed by atoms with E-state index in [1.165, 1.54) is 0 Å². The van der Waals surface area contributed by atoms with Gasteiger partial charge in [0.15, 0.2) is 6.61 Å². The van der Waals surface area contributed by atoms with Crippen molar-refractivity contribution < 1.29 is 19.0 Å². The first-order valence-electron chi connectivity index (χ1n) is 7.32. The molecule has 1 aromatic carbocycles. The molecule has 1 rings (SSSR count). The van der Waals surface area contributed by atoms with E-state index >= 15 is 0 Å². The quantitative estimate of drug-likeness (QED) is 0.673. The summed E-state index contributed by atoms with van der Waals surface area (Å²) >= 11 is 0. The summed E-state index contributed by atoms with van der Waals surface area (Å²) < 4.78 is 16.1. The van der Waals surface area contributed by atoms with E-state index in [4.69, 9.17) is 14.2 Å². The minimum atomic E-state index is -0.110. The molecular weight excluding hydrogens is 270 g/mol. The Kier molecular flexibility index (Phi) is 8.28. The molecule has 0 heterocycles. The van der Waals surface area contributed by atoms with E-state index in [0.717, 1.165) is 5.75 Å². The van der Waals surface area contributed by atoms with Crippen molar-refractivity contribution in [3.05, 3.63) is 24.3 Å². The van der Waals surface area contributed by atoms with E-state index in [1.807, 2.05) is 32.9 Å². The average Bonchev–Trinajstić information content (AvgIpc) is 2.48. The molecule has 0 radical (unpaired) electrons. The maximum atomic E-state index is 11.5. The zero-order valence-electron chi connectivity index (χ0n) is 13.1. The first kappa shape index (κ1) is 17.3. The Hall–Kier alpha value is -1.75. The molecule has 5 heteroatoms. The number of hydrogen-bond donors (Lipinski definition) is 1. The van der Waals surface area contributed by atoms with E-state index in [-0.39, 0.29) is 12.5 Å². The van der Waals surface area contributed by atoms with Gasteiger partial charge in [-0.1, -0.05) is 13.8 Å². The molecule has 1 N–H and O–H groups in total. The van der Waals surface area contributed by atoms with Crippen molar-refractivity contribution in [2.75, 3.05) is 33.0 Å². The molecule has 0 aliphatic carbocycles. The highest BCUT2D eigenvalue weighted by atomic mass is 16.5. The summed E-state index contributed by atoms with van der Waals surface area (Å²) in [4.78, 5) is 11.5. The van der Waals surface area contributed by atoms with Gasteiger partial charge in [-0.2, -0.15) is 0 Å². The molecule has 0 aromatic heterocycles. The SMILES string of the molecule is CCOCCOc1ccc(OCC(=O)NCC(C)C)cc1. The second-order valence-electron chi connectivity index (χ2n) is 5.00. The summed E-state index contributed by atoms with van der Waals surface area (Å²) in [5, 5.41) is 2.80. The highest BCUT2D eigenvalue weighted by molar-refractivity contribution is 5.77. The zero-order valence-corrected chi connectivity index (χ0v) is 13.1. The Labute approximate surface area is 126 Å². The van der Waals surface area contributed by atoms with Crippen LogP contribution in [-0.2, 0) is 9.53 Å². The van der Waals surface area contributed by atoms with Crippen LogP contribution in [0.15, 0.2) is 24.3 Å². The molecule has 0 bridgehead atoms. The smallest absolute Gasteiger partial charge is 0.257 e. The third kappa shape index (κ3) is 8.19. The number of rotatable bonds is 10. The second kappa shape index (κ2) is 10.0.